The number of hydrogen-bond donors (Lipinski definition) is 2. The van der Waals surface area contributed by atoms with E-state index in [2.05, 4.69) is 43.3 Å². The number of halogens is 1. The molecule has 0 saturated carbocycles. The van der Waals surface area contributed by atoms with Crippen LogP contribution in [0.3, 0.4) is 0 Å². The van der Waals surface area contributed by atoms with Crippen molar-refractivity contribution in [2.24, 2.45) is 10.4 Å². The van der Waals surface area contributed by atoms with E-state index in [-0.39, 0.29) is 35.5 Å². The van der Waals surface area contributed by atoms with Gasteiger partial charge in [0.1, 0.15) is 0 Å². The Morgan fingerprint density at radius 2 is 1.89 bits per heavy atom. The fourth-order valence-electron chi connectivity index (χ4n) is 2.75. The van der Waals surface area contributed by atoms with Crippen molar-refractivity contribution >= 4 is 29.9 Å². The molecule has 0 aromatic heterocycles. The summed E-state index contributed by atoms with van der Waals surface area (Å²) in [4.78, 5) is 4.69. The number of hydrogen-bond acceptors (Lipinski definition) is 4. The zero-order chi connectivity index (χ0) is 19.0. The van der Waals surface area contributed by atoms with Gasteiger partial charge in [0.25, 0.3) is 0 Å². The van der Waals surface area contributed by atoms with E-state index in [1.807, 2.05) is 18.2 Å². The maximum atomic E-state index is 5.75. The maximum absolute atomic E-state index is 5.75. The van der Waals surface area contributed by atoms with Gasteiger partial charge in [0.2, 0.25) is 0 Å². The third-order valence-electron chi connectivity index (χ3n) is 4.28. The largest absolute Gasteiger partial charge is 0.490 e. The first-order valence-corrected chi connectivity index (χ1v) is 9.37. The predicted molar refractivity (Wildman–Crippen MR) is 121 cm³/mol. The third-order valence-corrected chi connectivity index (χ3v) is 4.28. The Balaban J connectivity index is 0.00000364. The molecule has 0 saturated heterocycles. The van der Waals surface area contributed by atoms with Crippen LogP contribution in [-0.4, -0.2) is 45.5 Å². The molecule has 0 amide bonds. The van der Waals surface area contributed by atoms with Gasteiger partial charge in [-0.15, -0.1) is 24.0 Å². The summed E-state index contributed by atoms with van der Waals surface area (Å²) < 4.78 is 17.0. The number of aliphatic imine (C=N–C) groups is 1. The number of ether oxygens (including phenoxy) is 3. The molecular weight excluding hydrogens is 457 g/mol. The highest BCUT2D eigenvalue weighted by atomic mass is 127. The fraction of sp³-hybridized carbons (Fsp3) is 0.650. The van der Waals surface area contributed by atoms with E-state index in [1.165, 1.54) is 0 Å². The molecule has 2 rings (SSSR count). The fourth-order valence-corrected chi connectivity index (χ4v) is 2.75. The molecule has 1 heterocycles. The molecule has 0 radical (unpaired) electrons. The number of benzene rings is 1. The van der Waals surface area contributed by atoms with Crippen LogP contribution in [0.2, 0.25) is 0 Å². The molecule has 1 aromatic carbocycles. The Bertz CT molecular complexity index is 603. The highest BCUT2D eigenvalue weighted by molar-refractivity contribution is 14.0. The minimum absolute atomic E-state index is 0. The van der Waals surface area contributed by atoms with Crippen LogP contribution in [0, 0.1) is 5.41 Å². The highest BCUT2D eigenvalue weighted by Gasteiger charge is 2.24. The quantitative estimate of drug-likeness (QED) is 0.362. The van der Waals surface area contributed by atoms with E-state index in [1.54, 1.807) is 7.11 Å². The van der Waals surface area contributed by atoms with Crippen molar-refractivity contribution in [3.8, 4) is 11.5 Å². The predicted octanol–water partition coefficient (Wildman–Crippen LogP) is 3.58. The Labute approximate surface area is 180 Å². The molecule has 1 aliphatic rings. The molecule has 1 aliphatic heterocycles. The van der Waals surface area contributed by atoms with Crippen LogP contribution in [0.5, 0.6) is 11.5 Å². The maximum Gasteiger partial charge on any atom is 0.191 e. The smallest absolute Gasteiger partial charge is 0.191 e. The molecule has 0 bridgehead atoms. The summed E-state index contributed by atoms with van der Waals surface area (Å²) >= 11 is 0. The lowest BCUT2D eigenvalue weighted by atomic mass is 9.89. The SMILES string of the molecule is CCNC(=NCc1ccc2c(c1)OCCCO2)NCC(OC)C(C)(C)C.I. The van der Waals surface area contributed by atoms with Crippen molar-refractivity contribution in [3.63, 3.8) is 0 Å². The number of nitrogens with one attached hydrogen (secondary N) is 2. The summed E-state index contributed by atoms with van der Waals surface area (Å²) in [5, 5.41) is 6.66. The van der Waals surface area contributed by atoms with Crippen LogP contribution in [-0.2, 0) is 11.3 Å². The minimum Gasteiger partial charge on any atom is -0.490 e. The first kappa shape index (κ1) is 23.8. The second-order valence-corrected chi connectivity index (χ2v) is 7.50. The Hall–Kier alpha value is -1.22. The van der Waals surface area contributed by atoms with E-state index in [0.29, 0.717) is 26.3 Å². The molecule has 0 spiro atoms. The van der Waals surface area contributed by atoms with Crippen LogP contribution < -0.4 is 20.1 Å². The summed E-state index contributed by atoms with van der Waals surface area (Å²) in [7, 11) is 1.75. The normalized spacial score (nSPS) is 15.4. The monoisotopic (exact) mass is 491 g/mol. The second-order valence-electron chi connectivity index (χ2n) is 7.50. The van der Waals surface area contributed by atoms with E-state index >= 15 is 0 Å². The van der Waals surface area contributed by atoms with Gasteiger partial charge in [-0.3, -0.25) is 0 Å². The van der Waals surface area contributed by atoms with Crippen LogP contribution in [0.4, 0.5) is 0 Å². The topological polar surface area (TPSA) is 64.1 Å². The number of rotatable bonds is 6. The van der Waals surface area contributed by atoms with Crippen molar-refractivity contribution in [2.45, 2.75) is 46.8 Å². The van der Waals surface area contributed by atoms with Crippen LogP contribution >= 0.6 is 24.0 Å². The average Bonchev–Trinajstić information content (AvgIpc) is 2.83. The van der Waals surface area contributed by atoms with Gasteiger partial charge in [-0.2, -0.15) is 0 Å². The van der Waals surface area contributed by atoms with Crippen LogP contribution in [0.1, 0.15) is 39.7 Å². The lowest BCUT2D eigenvalue weighted by Gasteiger charge is -2.30. The van der Waals surface area contributed by atoms with E-state index in [9.17, 15) is 0 Å². The summed E-state index contributed by atoms with van der Waals surface area (Å²) in [6.45, 7) is 12.0. The average molecular weight is 491 g/mol. The molecule has 2 N–H and O–H groups in total. The van der Waals surface area contributed by atoms with Gasteiger partial charge in [0.15, 0.2) is 17.5 Å². The van der Waals surface area contributed by atoms with Crippen molar-refractivity contribution in [1.29, 1.82) is 0 Å². The molecule has 7 heteroatoms. The van der Waals surface area contributed by atoms with Crippen molar-refractivity contribution in [2.75, 3.05) is 33.4 Å². The van der Waals surface area contributed by atoms with Gasteiger partial charge in [0, 0.05) is 26.6 Å². The highest BCUT2D eigenvalue weighted by Crippen LogP contribution is 2.30. The third kappa shape index (κ3) is 7.73. The zero-order valence-electron chi connectivity index (χ0n) is 17.1. The Morgan fingerprint density at radius 1 is 1.19 bits per heavy atom. The summed E-state index contributed by atoms with van der Waals surface area (Å²) in [5.74, 6) is 2.40. The van der Waals surface area contributed by atoms with Crippen molar-refractivity contribution in [3.05, 3.63) is 23.8 Å². The number of nitrogens with zero attached hydrogens (tertiary/aromatic N) is 1. The first-order valence-electron chi connectivity index (χ1n) is 9.37. The minimum atomic E-state index is 0. The molecule has 27 heavy (non-hydrogen) atoms. The molecule has 1 unspecified atom stereocenters. The van der Waals surface area contributed by atoms with Crippen molar-refractivity contribution < 1.29 is 14.2 Å². The van der Waals surface area contributed by atoms with E-state index in [4.69, 9.17) is 14.2 Å². The summed E-state index contributed by atoms with van der Waals surface area (Å²) in [6.07, 6.45) is 1.01. The molecule has 1 aromatic rings. The first-order chi connectivity index (χ1) is 12.4. The van der Waals surface area contributed by atoms with E-state index in [0.717, 1.165) is 36.0 Å². The summed E-state index contributed by atoms with van der Waals surface area (Å²) in [6, 6.07) is 6.01. The Kier molecular flexibility index (Phi) is 10.2. The molecule has 0 aliphatic carbocycles. The number of guanidine groups is 1. The van der Waals surface area contributed by atoms with Gasteiger partial charge in [-0.25, -0.2) is 4.99 Å². The van der Waals surface area contributed by atoms with Gasteiger partial charge < -0.3 is 24.8 Å². The standard InChI is InChI=1S/C20H33N3O3.HI/c1-6-21-19(23-14-18(24-5)20(2,3)4)22-13-15-8-9-16-17(12-15)26-11-7-10-25-16;/h8-9,12,18H,6-7,10-11,13-14H2,1-5H3,(H2,21,22,23);1H. The van der Waals surface area contributed by atoms with Crippen LogP contribution in [0.15, 0.2) is 23.2 Å². The van der Waals surface area contributed by atoms with Gasteiger partial charge in [-0.1, -0.05) is 26.8 Å². The molecular formula is C20H34IN3O3. The summed E-state index contributed by atoms with van der Waals surface area (Å²) in [5.41, 5.74) is 1.15. The van der Waals surface area contributed by atoms with Gasteiger partial charge in [-0.05, 0) is 30.0 Å². The lowest BCUT2D eigenvalue weighted by molar-refractivity contribution is 0.0205. The van der Waals surface area contributed by atoms with Gasteiger partial charge >= 0.3 is 0 Å². The molecule has 0 fully saturated rings. The Morgan fingerprint density at radius 3 is 2.52 bits per heavy atom. The zero-order valence-corrected chi connectivity index (χ0v) is 19.5. The number of methoxy groups -OCH3 is 1. The lowest BCUT2D eigenvalue weighted by Crippen LogP contribution is -2.45. The molecule has 1 atom stereocenters. The van der Waals surface area contributed by atoms with Gasteiger partial charge in [0.05, 0.1) is 25.9 Å². The van der Waals surface area contributed by atoms with E-state index < -0.39 is 0 Å². The number of fused-ring (bicyclic) bond motifs is 1. The molecule has 154 valence electrons. The van der Waals surface area contributed by atoms with Crippen molar-refractivity contribution in [1.82, 2.24) is 10.6 Å². The van der Waals surface area contributed by atoms with Crippen LogP contribution in [0.25, 0.3) is 0 Å². The second kappa shape index (κ2) is 11.6. The molecule has 6 nitrogen and oxygen atoms in total.